The average Bonchev–Trinajstić information content (AvgIpc) is 2.37. The van der Waals surface area contributed by atoms with Crippen LogP contribution in [0.3, 0.4) is 0 Å². The highest BCUT2D eigenvalue weighted by molar-refractivity contribution is 6.33. The molecule has 7 heteroatoms. The Kier molecular flexibility index (Phi) is 10.3. The number of hydrogen-bond donors (Lipinski definition) is 1. The molecule has 0 atom stereocenters. The summed E-state index contributed by atoms with van der Waals surface area (Å²) in [7, 11) is 1.40. The zero-order chi connectivity index (χ0) is 14.0. The number of aromatic nitrogens is 1. The van der Waals surface area contributed by atoms with Gasteiger partial charge in [-0.05, 0) is 9.91 Å². The third kappa shape index (κ3) is 4.95. The van der Waals surface area contributed by atoms with Crippen molar-refractivity contribution in [3.63, 3.8) is 0 Å². The summed E-state index contributed by atoms with van der Waals surface area (Å²) in [4.78, 5) is 12.9. The maximum absolute atomic E-state index is 12.8. The predicted molar refractivity (Wildman–Crippen MR) is 68.1 cm³/mol. The average molecular weight is 266 g/mol. The van der Waals surface area contributed by atoms with Gasteiger partial charge in [-0.25, -0.2) is 4.39 Å². The molecule has 1 N–H and O–H groups in total. The predicted octanol–water partition coefficient (Wildman–Crippen LogP) is 3.88. The van der Waals surface area contributed by atoms with Gasteiger partial charge in [0.05, 0.1) is 0 Å². The van der Waals surface area contributed by atoms with Crippen LogP contribution in [0.25, 0.3) is 0 Å². The van der Waals surface area contributed by atoms with Crippen LogP contribution in [0.2, 0.25) is 5.02 Å². The molecule has 1 aromatic heterocycles. The number of halogens is 2. The summed E-state index contributed by atoms with van der Waals surface area (Å²) in [5, 5.41) is 12.4. The maximum Gasteiger partial charge on any atom is 0.388 e. The molecule has 0 bridgehead atoms. The molecule has 0 spiro atoms. The van der Waals surface area contributed by atoms with Crippen molar-refractivity contribution in [1.82, 2.24) is 4.98 Å². The van der Waals surface area contributed by atoms with Crippen LogP contribution in [0.15, 0.2) is 6.20 Å². The number of anilines is 1. The highest BCUT2D eigenvalue weighted by Gasteiger charge is 2.20. The first-order chi connectivity index (χ1) is 8.07. The van der Waals surface area contributed by atoms with Gasteiger partial charge >= 0.3 is 5.82 Å². The molecular formula is C10H17ClFN3O2. The second kappa shape index (κ2) is 9.77. The number of rotatable bonds is 2. The third-order valence-corrected chi connectivity index (χ3v) is 1.75. The summed E-state index contributed by atoms with van der Waals surface area (Å²) in [6.07, 6.45) is 0.710. The highest BCUT2D eigenvalue weighted by Crippen LogP contribution is 2.31. The Morgan fingerprint density at radius 1 is 1.41 bits per heavy atom. The fourth-order valence-electron chi connectivity index (χ4n) is 0.817. The maximum atomic E-state index is 12.8. The van der Waals surface area contributed by atoms with Gasteiger partial charge in [-0.3, -0.25) is 0 Å². The van der Waals surface area contributed by atoms with Crippen LogP contribution in [0.4, 0.5) is 15.9 Å². The molecule has 1 heterocycles. The summed E-state index contributed by atoms with van der Waals surface area (Å²) < 4.78 is 12.8. The first-order valence-corrected chi connectivity index (χ1v) is 5.62. The Labute approximate surface area is 105 Å². The Hall–Kier alpha value is -1.43. The number of hydrogen-bond acceptors (Lipinski definition) is 4. The molecule has 1 aromatic rings. The van der Waals surface area contributed by atoms with E-state index in [-0.39, 0.29) is 10.7 Å². The fraction of sp³-hybridized carbons (Fsp3) is 0.500. The van der Waals surface area contributed by atoms with Crippen molar-refractivity contribution >= 4 is 23.1 Å². The van der Waals surface area contributed by atoms with Crippen LogP contribution in [0.5, 0.6) is 0 Å². The van der Waals surface area contributed by atoms with E-state index in [2.05, 4.69) is 10.3 Å². The molecule has 0 aromatic carbocycles. The monoisotopic (exact) mass is 265 g/mol. The van der Waals surface area contributed by atoms with Gasteiger partial charge in [-0.2, -0.15) is 0 Å². The molecule has 0 amide bonds. The minimum atomic E-state index is -0.795. The molecular weight excluding hydrogens is 249 g/mol. The number of nitrogens with zero attached hydrogens (tertiary/aromatic N) is 2. The summed E-state index contributed by atoms with van der Waals surface area (Å²) >= 11 is 5.46. The third-order valence-electron chi connectivity index (χ3n) is 1.38. The molecule has 0 aliphatic rings. The SMILES string of the molecule is CC.CC.CNc1c([N+](=O)[O-])ncc(F)c1Cl. The molecule has 0 saturated heterocycles. The fourth-order valence-corrected chi connectivity index (χ4v) is 1.04. The second-order valence-electron chi connectivity index (χ2n) is 2.13. The van der Waals surface area contributed by atoms with Gasteiger partial charge < -0.3 is 15.4 Å². The van der Waals surface area contributed by atoms with Gasteiger partial charge in [0.15, 0.2) is 17.7 Å². The normalized spacial score (nSPS) is 8.18. The standard InChI is InChI=1S/C6H5ClFN3O2.2C2H6/c1-9-5-4(7)3(8)2-10-6(5)11(12)13;2*1-2/h2,9H,1H3;2*1-2H3. The van der Waals surface area contributed by atoms with Crippen LogP contribution >= 0.6 is 11.6 Å². The van der Waals surface area contributed by atoms with E-state index in [1.165, 1.54) is 7.05 Å². The number of pyridine rings is 1. The van der Waals surface area contributed by atoms with Crippen LogP contribution in [-0.4, -0.2) is 17.0 Å². The minimum absolute atomic E-state index is 0.119. The molecule has 98 valence electrons. The van der Waals surface area contributed by atoms with Crippen LogP contribution < -0.4 is 5.32 Å². The smallest absolute Gasteiger partial charge is 0.380 e. The van der Waals surface area contributed by atoms with E-state index in [0.29, 0.717) is 6.20 Å². The summed E-state index contributed by atoms with van der Waals surface area (Å²) in [6, 6.07) is 0. The first kappa shape index (κ1) is 17.9. The summed E-state index contributed by atoms with van der Waals surface area (Å²) in [6.45, 7) is 8.00. The molecule has 1 rings (SSSR count). The zero-order valence-electron chi connectivity index (χ0n) is 10.5. The van der Waals surface area contributed by atoms with Gasteiger partial charge in [0.1, 0.15) is 5.02 Å². The summed E-state index contributed by atoms with van der Waals surface area (Å²) in [5.74, 6) is -1.29. The lowest BCUT2D eigenvalue weighted by molar-refractivity contribution is -0.388. The van der Waals surface area contributed by atoms with E-state index in [0.717, 1.165) is 0 Å². The Balaban J connectivity index is 0. The van der Waals surface area contributed by atoms with Crippen LogP contribution in [0.1, 0.15) is 27.7 Å². The topological polar surface area (TPSA) is 68.1 Å². The van der Waals surface area contributed by atoms with E-state index < -0.39 is 16.6 Å². The van der Waals surface area contributed by atoms with Gasteiger partial charge in [0.25, 0.3) is 0 Å². The molecule has 0 unspecified atom stereocenters. The lowest BCUT2D eigenvalue weighted by atomic mass is 10.4. The van der Waals surface area contributed by atoms with Crippen molar-refractivity contribution < 1.29 is 9.31 Å². The molecule has 0 fully saturated rings. The lowest BCUT2D eigenvalue weighted by Gasteiger charge is -2.02. The van der Waals surface area contributed by atoms with E-state index >= 15 is 0 Å². The first-order valence-electron chi connectivity index (χ1n) is 5.24. The highest BCUT2D eigenvalue weighted by atomic mass is 35.5. The van der Waals surface area contributed by atoms with Gasteiger partial charge in [0, 0.05) is 7.05 Å². The van der Waals surface area contributed by atoms with Gasteiger partial charge in [-0.15, -0.1) is 0 Å². The van der Waals surface area contributed by atoms with Crippen molar-refractivity contribution in [3.8, 4) is 0 Å². The largest absolute Gasteiger partial charge is 0.388 e. The van der Waals surface area contributed by atoms with Crippen molar-refractivity contribution in [2.24, 2.45) is 0 Å². The van der Waals surface area contributed by atoms with Crippen molar-refractivity contribution in [2.45, 2.75) is 27.7 Å². The Morgan fingerprint density at radius 2 is 1.88 bits per heavy atom. The van der Waals surface area contributed by atoms with Gasteiger partial charge in [0.2, 0.25) is 0 Å². The Bertz CT molecular complexity index is 362. The molecule has 0 aliphatic heterocycles. The van der Waals surface area contributed by atoms with E-state index in [1.54, 1.807) is 0 Å². The van der Waals surface area contributed by atoms with Crippen molar-refractivity contribution in [1.29, 1.82) is 0 Å². The van der Waals surface area contributed by atoms with E-state index in [1.807, 2.05) is 27.7 Å². The van der Waals surface area contributed by atoms with Gasteiger partial charge in [-0.1, -0.05) is 39.3 Å². The molecule has 0 aliphatic carbocycles. The van der Waals surface area contributed by atoms with Crippen molar-refractivity contribution in [2.75, 3.05) is 12.4 Å². The quantitative estimate of drug-likeness (QED) is 0.651. The van der Waals surface area contributed by atoms with Crippen LogP contribution in [-0.2, 0) is 0 Å². The second-order valence-corrected chi connectivity index (χ2v) is 2.50. The van der Waals surface area contributed by atoms with E-state index in [4.69, 9.17) is 11.6 Å². The van der Waals surface area contributed by atoms with Crippen molar-refractivity contribution in [3.05, 3.63) is 27.2 Å². The molecule has 0 saturated carbocycles. The molecule has 0 radical (unpaired) electrons. The molecule has 5 nitrogen and oxygen atoms in total. The summed E-state index contributed by atoms with van der Waals surface area (Å²) in [5.41, 5.74) is -0.119. The minimum Gasteiger partial charge on any atom is -0.380 e. The lowest BCUT2D eigenvalue weighted by Crippen LogP contribution is -2.01. The molecule has 17 heavy (non-hydrogen) atoms. The Morgan fingerprint density at radius 3 is 2.24 bits per heavy atom. The van der Waals surface area contributed by atoms with Crippen LogP contribution in [0, 0.1) is 15.9 Å². The zero-order valence-corrected chi connectivity index (χ0v) is 11.3. The van der Waals surface area contributed by atoms with E-state index in [9.17, 15) is 14.5 Å². The number of nitrogens with one attached hydrogen (secondary N) is 1. The number of nitro groups is 1.